The van der Waals surface area contributed by atoms with Gasteiger partial charge in [-0.1, -0.05) is 25.0 Å². The SMILES string of the molecule is NCc1cccc(C(=O)NCCN2CCCCCC2)c1. The number of hydrogen-bond donors (Lipinski definition) is 2. The molecule has 0 saturated carbocycles. The van der Waals surface area contributed by atoms with Gasteiger partial charge < -0.3 is 16.0 Å². The quantitative estimate of drug-likeness (QED) is 0.861. The highest BCUT2D eigenvalue weighted by atomic mass is 16.1. The second-order valence-electron chi connectivity index (χ2n) is 5.42. The first-order valence-electron chi connectivity index (χ1n) is 7.59. The van der Waals surface area contributed by atoms with Gasteiger partial charge in [-0.2, -0.15) is 0 Å². The fraction of sp³-hybridized carbons (Fsp3) is 0.562. The first-order chi connectivity index (χ1) is 9.79. The topological polar surface area (TPSA) is 58.4 Å². The first kappa shape index (κ1) is 15.0. The third kappa shape index (κ3) is 4.62. The Hall–Kier alpha value is -1.39. The average Bonchev–Trinajstić information content (AvgIpc) is 2.76. The molecule has 1 saturated heterocycles. The smallest absolute Gasteiger partial charge is 0.251 e. The molecule has 0 spiro atoms. The van der Waals surface area contributed by atoms with Crippen molar-refractivity contribution in [3.8, 4) is 0 Å². The molecule has 3 N–H and O–H groups in total. The van der Waals surface area contributed by atoms with Gasteiger partial charge in [-0.25, -0.2) is 0 Å². The summed E-state index contributed by atoms with van der Waals surface area (Å²) < 4.78 is 0. The minimum Gasteiger partial charge on any atom is -0.351 e. The van der Waals surface area contributed by atoms with Crippen LogP contribution in [0, 0.1) is 0 Å². The van der Waals surface area contributed by atoms with Crippen LogP contribution >= 0.6 is 0 Å². The van der Waals surface area contributed by atoms with Gasteiger partial charge in [0, 0.05) is 25.2 Å². The minimum absolute atomic E-state index is 0.00452. The van der Waals surface area contributed by atoms with E-state index in [4.69, 9.17) is 5.73 Å². The highest BCUT2D eigenvalue weighted by Crippen LogP contribution is 2.09. The second-order valence-corrected chi connectivity index (χ2v) is 5.42. The molecule has 0 bridgehead atoms. The Labute approximate surface area is 121 Å². The molecule has 1 aliphatic rings. The molecule has 20 heavy (non-hydrogen) atoms. The lowest BCUT2D eigenvalue weighted by atomic mass is 10.1. The van der Waals surface area contributed by atoms with Gasteiger partial charge in [0.05, 0.1) is 0 Å². The molecule has 1 aliphatic heterocycles. The molecule has 1 amide bonds. The van der Waals surface area contributed by atoms with E-state index in [9.17, 15) is 4.79 Å². The van der Waals surface area contributed by atoms with Gasteiger partial charge in [0.25, 0.3) is 5.91 Å². The number of likely N-dealkylation sites (tertiary alicyclic amines) is 1. The number of nitrogens with one attached hydrogen (secondary N) is 1. The van der Waals surface area contributed by atoms with E-state index in [1.54, 1.807) is 0 Å². The fourth-order valence-corrected chi connectivity index (χ4v) is 2.63. The Bertz CT molecular complexity index is 425. The van der Waals surface area contributed by atoms with Gasteiger partial charge in [0.1, 0.15) is 0 Å². The van der Waals surface area contributed by atoms with Crippen LogP contribution in [0.2, 0.25) is 0 Å². The van der Waals surface area contributed by atoms with Crippen LogP contribution < -0.4 is 11.1 Å². The number of hydrogen-bond acceptors (Lipinski definition) is 3. The lowest BCUT2D eigenvalue weighted by molar-refractivity contribution is 0.0948. The van der Waals surface area contributed by atoms with Crippen molar-refractivity contribution in [3.63, 3.8) is 0 Å². The molecule has 1 heterocycles. The molecular weight excluding hydrogens is 250 g/mol. The van der Waals surface area contributed by atoms with Crippen LogP contribution in [-0.2, 0) is 6.54 Å². The normalized spacial score (nSPS) is 16.6. The summed E-state index contributed by atoms with van der Waals surface area (Å²) in [6, 6.07) is 7.52. The highest BCUT2D eigenvalue weighted by molar-refractivity contribution is 5.94. The number of carbonyl (C=O) groups excluding carboxylic acids is 1. The summed E-state index contributed by atoms with van der Waals surface area (Å²) >= 11 is 0. The number of nitrogens with zero attached hydrogens (tertiary/aromatic N) is 1. The van der Waals surface area contributed by atoms with Crippen molar-refractivity contribution < 1.29 is 4.79 Å². The van der Waals surface area contributed by atoms with Crippen molar-refractivity contribution in [2.45, 2.75) is 32.2 Å². The zero-order valence-corrected chi connectivity index (χ0v) is 12.1. The molecule has 1 fully saturated rings. The Morgan fingerprint density at radius 2 is 1.95 bits per heavy atom. The third-order valence-corrected chi connectivity index (χ3v) is 3.84. The molecule has 0 aliphatic carbocycles. The first-order valence-corrected chi connectivity index (χ1v) is 7.59. The average molecular weight is 275 g/mol. The fourth-order valence-electron chi connectivity index (χ4n) is 2.63. The number of nitrogens with two attached hydrogens (primary N) is 1. The van der Waals surface area contributed by atoms with Crippen LogP contribution in [0.1, 0.15) is 41.6 Å². The lowest BCUT2D eigenvalue weighted by Crippen LogP contribution is -2.35. The molecule has 2 rings (SSSR count). The van der Waals surface area contributed by atoms with Crippen molar-refractivity contribution in [2.24, 2.45) is 5.73 Å². The van der Waals surface area contributed by atoms with Gasteiger partial charge in [-0.05, 0) is 43.6 Å². The summed E-state index contributed by atoms with van der Waals surface area (Å²) in [6.07, 6.45) is 5.25. The Morgan fingerprint density at radius 1 is 1.20 bits per heavy atom. The predicted molar refractivity (Wildman–Crippen MR) is 81.6 cm³/mol. The van der Waals surface area contributed by atoms with E-state index in [0.717, 1.165) is 12.1 Å². The van der Waals surface area contributed by atoms with Gasteiger partial charge in [-0.15, -0.1) is 0 Å². The lowest BCUT2D eigenvalue weighted by Gasteiger charge is -2.19. The van der Waals surface area contributed by atoms with Gasteiger partial charge >= 0.3 is 0 Å². The number of carbonyl (C=O) groups is 1. The van der Waals surface area contributed by atoms with Crippen molar-refractivity contribution in [1.29, 1.82) is 0 Å². The molecule has 0 atom stereocenters. The molecule has 1 aromatic carbocycles. The van der Waals surface area contributed by atoms with Crippen LogP contribution in [0.15, 0.2) is 24.3 Å². The molecule has 0 radical (unpaired) electrons. The summed E-state index contributed by atoms with van der Waals surface area (Å²) in [6.45, 7) is 4.46. The molecular formula is C16H25N3O. The Morgan fingerprint density at radius 3 is 2.65 bits per heavy atom. The van der Waals surface area contributed by atoms with E-state index in [1.807, 2.05) is 24.3 Å². The molecule has 110 valence electrons. The predicted octanol–water partition coefficient (Wildman–Crippen LogP) is 1.75. The maximum atomic E-state index is 12.1. The van der Waals surface area contributed by atoms with E-state index in [2.05, 4.69) is 10.2 Å². The minimum atomic E-state index is -0.00452. The van der Waals surface area contributed by atoms with Gasteiger partial charge in [0.15, 0.2) is 0 Å². The summed E-state index contributed by atoms with van der Waals surface area (Å²) in [5.41, 5.74) is 7.28. The summed E-state index contributed by atoms with van der Waals surface area (Å²) in [4.78, 5) is 14.5. The summed E-state index contributed by atoms with van der Waals surface area (Å²) in [7, 11) is 0. The Kier molecular flexibility index (Phi) is 6.02. The van der Waals surface area contributed by atoms with Gasteiger partial charge in [-0.3, -0.25) is 4.79 Å². The van der Waals surface area contributed by atoms with E-state index in [0.29, 0.717) is 18.7 Å². The highest BCUT2D eigenvalue weighted by Gasteiger charge is 2.10. The second kappa shape index (κ2) is 8.02. The molecule has 0 unspecified atom stereocenters. The maximum Gasteiger partial charge on any atom is 0.251 e. The third-order valence-electron chi connectivity index (χ3n) is 3.84. The van der Waals surface area contributed by atoms with Crippen LogP contribution in [-0.4, -0.2) is 37.0 Å². The maximum absolute atomic E-state index is 12.1. The molecule has 1 aromatic rings. The summed E-state index contributed by atoms with van der Waals surface area (Å²) in [5, 5.41) is 3.00. The standard InChI is InChI=1S/C16H25N3O/c17-13-14-6-5-7-15(12-14)16(20)18-8-11-19-9-3-1-2-4-10-19/h5-7,12H,1-4,8-11,13,17H2,(H,18,20). The monoisotopic (exact) mass is 275 g/mol. The van der Waals surface area contributed by atoms with Crippen LogP contribution in [0.5, 0.6) is 0 Å². The van der Waals surface area contributed by atoms with E-state index in [-0.39, 0.29) is 5.91 Å². The van der Waals surface area contributed by atoms with Crippen molar-refractivity contribution in [2.75, 3.05) is 26.2 Å². The van der Waals surface area contributed by atoms with Gasteiger partial charge in [0.2, 0.25) is 0 Å². The van der Waals surface area contributed by atoms with Crippen LogP contribution in [0.25, 0.3) is 0 Å². The van der Waals surface area contributed by atoms with Crippen molar-refractivity contribution in [1.82, 2.24) is 10.2 Å². The van der Waals surface area contributed by atoms with Crippen molar-refractivity contribution >= 4 is 5.91 Å². The van der Waals surface area contributed by atoms with E-state index < -0.39 is 0 Å². The van der Waals surface area contributed by atoms with Crippen LogP contribution in [0.4, 0.5) is 0 Å². The summed E-state index contributed by atoms with van der Waals surface area (Å²) in [5.74, 6) is -0.00452. The van der Waals surface area contributed by atoms with Crippen LogP contribution in [0.3, 0.4) is 0 Å². The number of benzene rings is 1. The van der Waals surface area contributed by atoms with Crippen molar-refractivity contribution in [3.05, 3.63) is 35.4 Å². The zero-order valence-electron chi connectivity index (χ0n) is 12.1. The zero-order chi connectivity index (χ0) is 14.2. The van der Waals surface area contributed by atoms with E-state index >= 15 is 0 Å². The molecule has 4 nitrogen and oxygen atoms in total. The molecule has 4 heteroatoms. The molecule has 0 aromatic heterocycles. The number of rotatable bonds is 5. The largest absolute Gasteiger partial charge is 0.351 e. The number of amides is 1. The van der Waals surface area contributed by atoms with E-state index in [1.165, 1.54) is 38.8 Å². The Balaban J connectivity index is 1.76.